The normalized spacial score (nSPS) is 9.29. The Balaban J connectivity index is 0.000000770. The first-order valence-corrected chi connectivity index (χ1v) is 5.93. The van der Waals surface area contributed by atoms with Crippen LogP contribution in [0.5, 0.6) is 5.75 Å². The zero-order valence-electron chi connectivity index (χ0n) is 11.7. The first-order chi connectivity index (χ1) is 7.92. The van der Waals surface area contributed by atoms with Crippen molar-refractivity contribution in [3.8, 4) is 5.75 Å². The lowest BCUT2D eigenvalue weighted by atomic mass is 10.0. The summed E-state index contributed by atoms with van der Waals surface area (Å²) in [7, 11) is 0. The summed E-state index contributed by atoms with van der Waals surface area (Å²) in [6, 6.07) is 6.33. The van der Waals surface area contributed by atoms with E-state index in [1.165, 1.54) is 5.56 Å². The van der Waals surface area contributed by atoms with Crippen molar-refractivity contribution >= 4 is 0 Å². The van der Waals surface area contributed by atoms with E-state index in [-0.39, 0.29) is 0 Å². The van der Waals surface area contributed by atoms with Crippen LogP contribution < -0.4 is 4.74 Å². The standard InChI is InChI=1S/C13H18O.C3H6/c1-9(2)12-7-6-11(5)13(8-12)14-10(3)4;1-3-2/h6-9H,3H2,1-2,4-5H3;3H,1H2,2H3. The number of hydrogen-bond acceptors (Lipinski definition) is 1. The molecule has 0 amide bonds. The third kappa shape index (κ3) is 5.96. The van der Waals surface area contributed by atoms with Crippen LogP contribution in [0.2, 0.25) is 0 Å². The lowest BCUT2D eigenvalue weighted by Gasteiger charge is -2.11. The predicted octanol–water partition coefficient (Wildman–Crippen LogP) is 5.22. The second kappa shape index (κ2) is 7.72. The molecule has 0 saturated carbocycles. The Morgan fingerprint density at radius 1 is 1.35 bits per heavy atom. The van der Waals surface area contributed by atoms with Crippen molar-refractivity contribution in [2.24, 2.45) is 0 Å². The van der Waals surface area contributed by atoms with Crippen molar-refractivity contribution in [1.29, 1.82) is 0 Å². The van der Waals surface area contributed by atoms with Crippen LogP contribution in [0.25, 0.3) is 0 Å². The molecule has 0 aliphatic rings. The quantitative estimate of drug-likeness (QED) is 0.512. The Morgan fingerprint density at radius 2 is 1.88 bits per heavy atom. The van der Waals surface area contributed by atoms with E-state index in [2.05, 4.69) is 45.2 Å². The highest BCUT2D eigenvalue weighted by Gasteiger charge is 2.04. The molecule has 0 aliphatic carbocycles. The van der Waals surface area contributed by atoms with Crippen LogP contribution in [0.3, 0.4) is 0 Å². The molecule has 1 aromatic carbocycles. The summed E-state index contributed by atoms with van der Waals surface area (Å²) < 4.78 is 5.54. The van der Waals surface area contributed by atoms with E-state index in [4.69, 9.17) is 4.74 Å². The van der Waals surface area contributed by atoms with E-state index in [0.29, 0.717) is 5.92 Å². The fourth-order valence-electron chi connectivity index (χ4n) is 1.27. The maximum absolute atomic E-state index is 5.54. The molecule has 0 bridgehead atoms. The summed E-state index contributed by atoms with van der Waals surface area (Å²) in [5.41, 5.74) is 2.45. The number of hydrogen-bond donors (Lipinski definition) is 0. The Kier molecular flexibility index (Phi) is 7.04. The molecule has 1 heteroatoms. The first-order valence-electron chi connectivity index (χ1n) is 5.93. The molecular formula is C16H24O. The minimum atomic E-state index is 0.531. The number of rotatable bonds is 3. The van der Waals surface area contributed by atoms with E-state index in [0.717, 1.165) is 17.1 Å². The number of benzene rings is 1. The van der Waals surface area contributed by atoms with E-state index < -0.39 is 0 Å². The van der Waals surface area contributed by atoms with Gasteiger partial charge in [-0.05, 0) is 43.9 Å². The van der Waals surface area contributed by atoms with Crippen LogP contribution in [-0.4, -0.2) is 0 Å². The Hall–Kier alpha value is -1.50. The second-order valence-electron chi connectivity index (χ2n) is 4.39. The van der Waals surface area contributed by atoms with Crippen LogP contribution in [0, 0.1) is 6.92 Å². The summed E-state index contributed by atoms with van der Waals surface area (Å²) in [6.45, 7) is 17.3. The highest BCUT2D eigenvalue weighted by atomic mass is 16.5. The van der Waals surface area contributed by atoms with Gasteiger partial charge in [-0.2, -0.15) is 0 Å². The molecule has 0 heterocycles. The minimum Gasteiger partial charge on any atom is -0.462 e. The van der Waals surface area contributed by atoms with Gasteiger partial charge in [-0.3, -0.25) is 0 Å². The van der Waals surface area contributed by atoms with Crippen molar-refractivity contribution < 1.29 is 4.74 Å². The van der Waals surface area contributed by atoms with Gasteiger partial charge in [0.15, 0.2) is 0 Å². The summed E-state index contributed by atoms with van der Waals surface area (Å²) >= 11 is 0. The molecular weight excluding hydrogens is 208 g/mol. The van der Waals surface area contributed by atoms with Crippen molar-refractivity contribution in [3.63, 3.8) is 0 Å². The second-order valence-corrected chi connectivity index (χ2v) is 4.39. The van der Waals surface area contributed by atoms with Crippen LogP contribution in [-0.2, 0) is 0 Å². The number of ether oxygens (including phenoxy) is 1. The largest absolute Gasteiger partial charge is 0.462 e. The van der Waals surface area contributed by atoms with Crippen molar-refractivity contribution in [3.05, 3.63) is 54.3 Å². The van der Waals surface area contributed by atoms with Crippen molar-refractivity contribution in [1.82, 2.24) is 0 Å². The molecule has 0 atom stereocenters. The third-order valence-electron chi connectivity index (χ3n) is 2.16. The van der Waals surface area contributed by atoms with Gasteiger partial charge < -0.3 is 4.74 Å². The molecule has 0 radical (unpaired) electrons. The van der Waals surface area contributed by atoms with Gasteiger partial charge in [-0.1, -0.05) is 38.6 Å². The Bertz CT molecular complexity index is 375. The molecule has 1 nitrogen and oxygen atoms in total. The SMILES string of the molecule is C=C(C)Oc1cc(C(C)C)ccc1C.C=CC. The molecule has 1 aromatic rings. The molecule has 0 fully saturated rings. The average molecular weight is 232 g/mol. The smallest absolute Gasteiger partial charge is 0.130 e. The lowest BCUT2D eigenvalue weighted by molar-refractivity contribution is 0.426. The van der Waals surface area contributed by atoms with Gasteiger partial charge in [0.1, 0.15) is 5.75 Å². The molecule has 0 aliphatic heterocycles. The summed E-state index contributed by atoms with van der Waals surface area (Å²) in [6.07, 6.45) is 1.75. The van der Waals surface area contributed by atoms with Gasteiger partial charge in [0.05, 0.1) is 5.76 Å². The third-order valence-corrected chi connectivity index (χ3v) is 2.16. The number of allylic oxidation sites excluding steroid dienone is 2. The summed E-state index contributed by atoms with van der Waals surface area (Å²) in [4.78, 5) is 0. The summed E-state index contributed by atoms with van der Waals surface area (Å²) in [5.74, 6) is 2.18. The van der Waals surface area contributed by atoms with Crippen LogP contribution in [0.4, 0.5) is 0 Å². The molecule has 94 valence electrons. The van der Waals surface area contributed by atoms with Gasteiger partial charge in [-0.25, -0.2) is 0 Å². The Morgan fingerprint density at radius 3 is 2.29 bits per heavy atom. The van der Waals surface area contributed by atoms with Crippen LogP contribution >= 0.6 is 0 Å². The maximum Gasteiger partial charge on any atom is 0.130 e. The molecule has 0 unspecified atom stereocenters. The van der Waals surface area contributed by atoms with Crippen LogP contribution in [0.15, 0.2) is 43.2 Å². The maximum atomic E-state index is 5.54. The van der Waals surface area contributed by atoms with E-state index >= 15 is 0 Å². The highest BCUT2D eigenvalue weighted by Crippen LogP contribution is 2.25. The van der Waals surface area contributed by atoms with E-state index in [9.17, 15) is 0 Å². The predicted molar refractivity (Wildman–Crippen MR) is 76.6 cm³/mol. The zero-order chi connectivity index (χ0) is 13.4. The molecule has 0 aromatic heterocycles. The van der Waals surface area contributed by atoms with E-state index in [1.807, 2.05) is 20.8 Å². The van der Waals surface area contributed by atoms with Gasteiger partial charge >= 0.3 is 0 Å². The summed E-state index contributed by atoms with van der Waals surface area (Å²) in [5, 5.41) is 0. The van der Waals surface area contributed by atoms with Gasteiger partial charge in [-0.15, -0.1) is 6.58 Å². The Labute approximate surface area is 106 Å². The molecule has 0 saturated heterocycles. The fourth-order valence-corrected chi connectivity index (χ4v) is 1.27. The van der Waals surface area contributed by atoms with Crippen molar-refractivity contribution in [2.45, 2.75) is 40.5 Å². The molecule has 1 rings (SSSR count). The first kappa shape index (κ1) is 15.5. The van der Waals surface area contributed by atoms with Crippen molar-refractivity contribution in [2.75, 3.05) is 0 Å². The van der Waals surface area contributed by atoms with Crippen LogP contribution in [0.1, 0.15) is 44.7 Å². The minimum absolute atomic E-state index is 0.531. The molecule has 0 N–H and O–H groups in total. The average Bonchev–Trinajstić information content (AvgIpc) is 2.21. The number of aryl methyl sites for hydroxylation is 1. The highest BCUT2D eigenvalue weighted by molar-refractivity contribution is 5.38. The lowest BCUT2D eigenvalue weighted by Crippen LogP contribution is -1.94. The topological polar surface area (TPSA) is 9.23 Å². The molecule has 17 heavy (non-hydrogen) atoms. The van der Waals surface area contributed by atoms with E-state index in [1.54, 1.807) is 6.08 Å². The van der Waals surface area contributed by atoms with Gasteiger partial charge in [0.25, 0.3) is 0 Å². The molecule has 0 spiro atoms. The van der Waals surface area contributed by atoms with Gasteiger partial charge in [0, 0.05) is 0 Å². The zero-order valence-corrected chi connectivity index (χ0v) is 11.7. The monoisotopic (exact) mass is 232 g/mol. The fraction of sp³-hybridized carbons (Fsp3) is 0.375. The van der Waals surface area contributed by atoms with Gasteiger partial charge in [0.2, 0.25) is 0 Å².